The van der Waals surface area contributed by atoms with Crippen LogP contribution in [0, 0.1) is 0 Å². The van der Waals surface area contributed by atoms with Crippen molar-refractivity contribution < 1.29 is 0 Å². The maximum absolute atomic E-state index is 4.86. The Bertz CT molecular complexity index is 423. The zero-order valence-electron chi connectivity index (χ0n) is 12.4. The van der Waals surface area contributed by atoms with Crippen LogP contribution in [0.3, 0.4) is 0 Å². The van der Waals surface area contributed by atoms with Gasteiger partial charge in [-0.3, -0.25) is 0 Å². The van der Waals surface area contributed by atoms with E-state index in [0.717, 1.165) is 18.9 Å². The molecule has 0 bridgehead atoms. The first-order chi connectivity index (χ1) is 9.06. The topological polar surface area (TPSA) is 27.6 Å². The van der Waals surface area contributed by atoms with Crippen molar-refractivity contribution in [1.29, 1.82) is 0 Å². The summed E-state index contributed by atoms with van der Waals surface area (Å²) >= 11 is 0. The van der Waals surface area contributed by atoms with Crippen LogP contribution in [0.15, 0.2) is 35.3 Å². The van der Waals surface area contributed by atoms with Gasteiger partial charge in [0.25, 0.3) is 0 Å². The molecule has 0 unspecified atom stereocenters. The smallest absolute Gasteiger partial charge is 0.194 e. The lowest BCUT2D eigenvalue weighted by atomic mass is 10.1. The summed E-state index contributed by atoms with van der Waals surface area (Å²) in [6.45, 7) is 9.78. The van der Waals surface area contributed by atoms with Gasteiger partial charge in [-0.05, 0) is 39.7 Å². The molecule has 1 aliphatic heterocycles. The molecule has 1 aliphatic rings. The number of guanidine groups is 1. The molecule has 1 atom stereocenters. The first-order valence-electron chi connectivity index (χ1n) is 7.21. The zero-order valence-corrected chi connectivity index (χ0v) is 12.4. The fourth-order valence-corrected chi connectivity index (χ4v) is 2.43. The molecule has 1 heterocycles. The average Bonchev–Trinajstić information content (AvgIpc) is 2.72. The van der Waals surface area contributed by atoms with Crippen LogP contribution in [-0.2, 0) is 6.42 Å². The summed E-state index contributed by atoms with van der Waals surface area (Å²) in [7, 11) is 0. The van der Waals surface area contributed by atoms with Crippen LogP contribution in [0.2, 0.25) is 0 Å². The van der Waals surface area contributed by atoms with Crippen molar-refractivity contribution in [3.05, 3.63) is 35.9 Å². The van der Waals surface area contributed by atoms with E-state index in [4.69, 9.17) is 4.99 Å². The van der Waals surface area contributed by atoms with E-state index < -0.39 is 0 Å². The second-order valence-corrected chi connectivity index (χ2v) is 5.84. The van der Waals surface area contributed by atoms with Crippen LogP contribution in [0.5, 0.6) is 0 Å². The maximum atomic E-state index is 4.86. The molecule has 0 aliphatic carbocycles. The molecule has 2 rings (SSSR count). The number of nitrogens with zero attached hydrogens (tertiary/aromatic N) is 2. The van der Waals surface area contributed by atoms with Crippen LogP contribution in [0.1, 0.15) is 33.3 Å². The highest BCUT2D eigenvalue weighted by atomic mass is 15.4. The molecular weight excluding hydrogens is 234 g/mol. The minimum atomic E-state index is 0.367. The number of nitrogens with one attached hydrogen (secondary N) is 1. The molecule has 0 amide bonds. The van der Waals surface area contributed by atoms with Crippen molar-refractivity contribution in [2.24, 2.45) is 4.99 Å². The molecule has 19 heavy (non-hydrogen) atoms. The Hall–Kier alpha value is -1.51. The van der Waals surface area contributed by atoms with Gasteiger partial charge in [0.1, 0.15) is 0 Å². The summed E-state index contributed by atoms with van der Waals surface area (Å²) in [6.07, 6.45) is 1.02. The second-order valence-electron chi connectivity index (χ2n) is 5.84. The molecule has 3 heteroatoms. The third kappa shape index (κ3) is 3.72. The summed E-state index contributed by atoms with van der Waals surface area (Å²) in [5, 5.41) is 3.46. The summed E-state index contributed by atoms with van der Waals surface area (Å²) in [5.41, 5.74) is 1.37. The van der Waals surface area contributed by atoms with Crippen molar-refractivity contribution >= 4 is 5.96 Å². The Kier molecular flexibility index (Phi) is 4.46. The van der Waals surface area contributed by atoms with Gasteiger partial charge in [0.15, 0.2) is 5.96 Å². The van der Waals surface area contributed by atoms with E-state index in [1.165, 1.54) is 5.56 Å². The third-order valence-corrected chi connectivity index (χ3v) is 3.34. The molecule has 1 N–H and O–H groups in total. The molecule has 104 valence electrons. The number of benzene rings is 1. The zero-order chi connectivity index (χ0) is 13.8. The predicted octanol–water partition coefficient (Wildman–Crippen LogP) is 2.68. The molecule has 0 saturated heterocycles. The molecule has 0 aromatic heterocycles. The van der Waals surface area contributed by atoms with Gasteiger partial charge in [-0.1, -0.05) is 30.3 Å². The van der Waals surface area contributed by atoms with Crippen molar-refractivity contribution in [3.8, 4) is 0 Å². The molecule has 1 aromatic carbocycles. The summed E-state index contributed by atoms with van der Waals surface area (Å²) in [4.78, 5) is 7.23. The quantitative estimate of drug-likeness (QED) is 0.900. The van der Waals surface area contributed by atoms with Crippen molar-refractivity contribution in [3.63, 3.8) is 0 Å². The highest BCUT2D eigenvalue weighted by Gasteiger charge is 2.27. The van der Waals surface area contributed by atoms with E-state index in [1.54, 1.807) is 0 Å². The van der Waals surface area contributed by atoms with Crippen LogP contribution in [0.4, 0.5) is 0 Å². The van der Waals surface area contributed by atoms with Crippen LogP contribution in [0.25, 0.3) is 0 Å². The molecule has 0 fully saturated rings. The van der Waals surface area contributed by atoms with Gasteiger partial charge in [0.2, 0.25) is 0 Å². The lowest BCUT2D eigenvalue weighted by molar-refractivity contribution is 0.345. The van der Waals surface area contributed by atoms with E-state index in [1.807, 2.05) is 0 Å². The van der Waals surface area contributed by atoms with Crippen LogP contribution >= 0.6 is 0 Å². The van der Waals surface area contributed by atoms with Gasteiger partial charge in [-0.2, -0.15) is 0 Å². The average molecular weight is 259 g/mol. The SMILES string of the molecule is CC(C)NC1=N[C@@H](Cc2ccccc2)CN1C(C)C. The largest absolute Gasteiger partial charge is 0.354 e. The minimum absolute atomic E-state index is 0.367. The van der Waals surface area contributed by atoms with E-state index in [9.17, 15) is 0 Å². The summed E-state index contributed by atoms with van der Waals surface area (Å²) < 4.78 is 0. The Balaban J connectivity index is 2.05. The molecule has 0 spiro atoms. The number of aliphatic imine (C=N–C) groups is 1. The number of hydrogen-bond acceptors (Lipinski definition) is 3. The fourth-order valence-electron chi connectivity index (χ4n) is 2.43. The monoisotopic (exact) mass is 259 g/mol. The standard InChI is InChI=1S/C16H25N3/c1-12(2)17-16-18-15(11-19(16)13(3)4)10-14-8-6-5-7-9-14/h5-9,12-13,15H,10-11H2,1-4H3,(H,17,18)/t15-/m0/s1. The minimum Gasteiger partial charge on any atom is -0.354 e. The van der Waals surface area contributed by atoms with E-state index in [-0.39, 0.29) is 0 Å². The molecule has 0 radical (unpaired) electrons. The highest BCUT2D eigenvalue weighted by Crippen LogP contribution is 2.16. The lowest BCUT2D eigenvalue weighted by Gasteiger charge is -2.26. The Labute approximate surface area is 116 Å². The van der Waals surface area contributed by atoms with Gasteiger partial charge in [0, 0.05) is 18.6 Å². The van der Waals surface area contributed by atoms with Gasteiger partial charge in [-0.15, -0.1) is 0 Å². The Morgan fingerprint density at radius 1 is 1.21 bits per heavy atom. The van der Waals surface area contributed by atoms with Crippen LogP contribution < -0.4 is 5.32 Å². The van der Waals surface area contributed by atoms with Crippen molar-refractivity contribution in [1.82, 2.24) is 10.2 Å². The van der Waals surface area contributed by atoms with E-state index in [0.29, 0.717) is 18.1 Å². The molecular formula is C16H25N3. The second kappa shape index (κ2) is 6.09. The fraction of sp³-hybridized carbons (Fsp3) is 0.562. The molecule has 1 aromatic rings. The van der Waals surface area contributed by atoms with Gasteiger partial charge < -0.3 is 10.2 Å². The van der Waals surface area contributed by atoms with Crippen LogP contribution in [-0.4, -0.2) is 35.5 Å². The first-order valence-corrected chi connectivity index (χ1v) is 7.21. The molecule has 3 nitrogen and oxygen atoms in total. The summed E-state index contributed by atoms with van der Waals surface area (Å²) in [6, 6.07) is 11.9. The van der Waals surface area contributed by atoms with Crippen molar-refractivity contribution in [2.75, 3.05) is 6.54 Å². The highest BCUT2D eigenvalue weighted by molar-refractivity contribution is 5.82. The summed E-state index contributed by atoms with van der Waals surface area (Å²) in [5.74, 6) is 1.06. The third-order valence-electron chi connectivity index (χ3n) is 3.34. The molecule has 0 saturated carbocycles. The predicted molar refractivity (Wildman–Crippen MR) is 81.5 cm³/mol. The Morgan fingerprint density at radius 3 is 2.47 bits per heavy atom. The van der Waals surface area contributed by atoms with Gasteiger partial charge in [0.05, 0.1) is 6.04 Å². The Morgan fingerprint density at radius 2 is 1.89 bits per heavy atom. The number of rotatable bonds is 4. The van der Waals surface area contributed by atoms with Gasteiger partial charge >= 0.3 is 0 Å². The van der Waals surface area contributed by atoms with E-state index >= 15 is 0 Å². The first kappa shape index (κ1) is 13.9. The van der Waals surface area contributed by atoms with Crippen molar-refractivity contribution in [2.45, 2.75) is 52.2 Å². The van der Waals surface area contributed by atoms with E-state index in [2.05, 4.69) is 68.2 Å². The lowest BCUT2D eigenvalue weighted by Crippen LogP contribution is -2.45. The normalized spacial score (nSPS) is 19.2. The van der Waals surface area contributed by atoms with Gasteiger partial charge in [-0.25, -0.2) is 4.99 Å². The number of hydrogen-bond donors (Lipinski definition) is 1. The maximum Gasteiger partial charge on any atom is 0.194 e.